The largest absolute Gasteiger partial charge is 0.485 e. The number of benzene rings is 2. The van der Waals surface area contributed by atoms with E-state index in [1.165, 1.54) is 11.3 Å². The van der Waals surface area contributed by atoms with Crippen LogP contribution in [0.3, 0.4) is 0 Å². The van der Waals surface area contributed by atoms with Crippen LogP contribution >= 0.6 is 34.7 Å². The van der Waals surface area contributed by atoms with Gasteiger partial charge in [0.15, 0.2) is 10.9 Å². The number of carboxylic acid groups (broad SMARTS) is 1. The summed E-state index contributed by atoms with van der Waals surface area (Å²) >= 11 is 8.27. The van der Waals surface area contributed by atoms with E-state index >= 15 is 0 Å². The van der Waals surface area contributed by atoms with E-state index in [0.717, 1.165) is 22.9 Å². The molecule has 0 spiro atoms. The molecule has 0 aliphatic rings. The lowest BCUT2D eigenvalue weighted by molar-refractivity contribution is -0.138. The van der Waals surface area contributed by atoms with E-state index in [0.29, 0.717) is 15.1 Å². The molecule has 0 radical (unpaired) electrons. The Morgan fingerprint density at radius 3 is 2.28 bits per heavy atom. The number of hydrogen-bond donors (Lipinski definition) is 1. The van der Waals surface area contributed by atoms with E-state index in [2.05, 4.69) is 4.98 Å². The lowest BCUT2D eigenvalue weighted by Gasteiger charge is -2.15. The third kappa shape index (κ3) is 5.59. The number of hydrogen-bond acceptors (Lipinski definition) is 6. The number of carbonyl (C=O) groups is 2. The standard InChI is InChI=1S/C21H18ClNO4S2/c1-21(2,19(25)26)29-20-23-17(12-28-20)18(24)11-27-16-9-5-14(6-10-16)13-3-7-15(22)8-4-13/h3-10,12H,11H2,1-2H3,(H,25,26). The van der Waals surface area contributed by atoms with Crippen LogP contribution in [0.25, 0.3) is 11.1 Å². The zero-order valence-corrected chi connectivity index (χ0v) is 18.1. The predicted molar refractivity (Wildman–Crippen MR) is 116 cm³/mol. The molecule has 0 aliphatic carbocycles. The Kier molecular flexibility index (Phi) is 6.62. The molecule has 0 atom stereocenters. The number of nitrogens with zero attached hydrogens (tertiary/aromatic N) is 1. The Bertz CT molecular complexity index is 1010. The summed E-state index contributed by atoms with van der Waals surface area (Å²) in [6, 6.07) is 15.0. The topological polar surface area (TPSA) is 76.5 Å². The number of thiazole rings is 1. The van der Waals surface area contributed by atoms with Crippen LogP contribution in [-0.4, -0.2) is 33.2 Å². The monoisotopic (exact) mass is 447 g/mol. The SMILES string of the molecule is CC(C)(Sc1nc(C(=O)COc2ccc(-c3ccc(Cl)cc3)cc2)cs1)C(=O)O. The number of rotatable bonds is 8. The molecule has 0 fully saturated rings. The Morgan fingerprint density at radius 2 is 1.69 bits per heavy atom. The summed E-state index contributed by atoms with van der Waals surface area (Å²) in [6.07, 6.45) is 0. The van der Waals surface area contributed by atoms with Crippen LogP contribution in [0.1, 0.15) is 24.3 Å². The molecule has 1 N–H and O–H groups in total. The van der Waals surface area contributed by atoms with Crippen LogP contribution in [0.15, 0.2) is 58.3 Å². The van der Waals surface area contributed by atoms with Crippen molar-refractivity contribution < 1.29 is 19.4 Å². The lowest BCUT2D eigenvalue weighted by Crippen LogP contribution is -2.26. The smallest absolute Gasteiger partial charge is 0.319 e. The van der Waals surface area contributed by atoms with Gasteiger partial charge in [0.1, 0.15) is 16.2 Å². The molecule has 0 bridgehead atoms. The van der Waals surface area contributed by atoms with Gasteiger partial charge in [0.25, 0.3) is 0 Å². The van der Waals surface area contributed by atoms with Gasteiger partial charge in [-0.25, -0.2) is 4.98 Å². The number of thioether (sulfide) groups is 1. The highest BCUT2D eigenvalue weighted by Gasteiger charge is 2.30. The molecule has 0 unspecified atom stereocenters. The minimum absolute atomic E-state index is 0.142. The highest BCUT2D eigenvalue weighted by atomic mass is 35.5. The van der Waals surface area contributed by atoms with Crippen molar-refractivity contribution in [2.75, 3.05) is 6.61 Å². The molecule has 150 valence electrons. The molecule has 8 heteroatoms. The van der Waals surface area contributed by atoms with Crippen LogP contribution in [0.2, 0.25) is 5.02 Å². The molecule has 1 heterocycles. The number of aliphatic carboxylic acids is 1. The number of carboxylic acids is 1. The molecular weight excluding hydrogens is 430 g/mol. The number of ketones is 1. The fraction of sp³-hybridized carbons (Fsp3) is 0.190. The molecule has 0 saturated carbocycles. The zero-order chi connectivity index (χ0) is 21.0. The van der Waals surface area contributed by atoms with E-state index in [4.69, 9.17) is 16.3 Å². The third-order valence-corrected chi connectivity index (χ3v) is 6.40. The number of halogens is 1. The van der Waals surface area contributed by atoms with Gasteiger partial charge in [-0.3, -0.25) is 9.59 Å². The Balaban J connectivity index is 1.58. The minimum atomic E-state index is -1.01. The van der Waals surface area contributed by atoms with Crippen LogP contribution < -0.4 is 4.74 Å². The molecule has 1 aromatic heterocycles. The van der Waals surface area contributed by atoms with Gasteiger partial charge in [0, 0.05) is 10.4 Å². The summed E-state index contributed by atoms with van der Waals surface area (Å²) in [6.45, 7) is 3.05. The Morgan fingerprint density at radius 1 is 1.10 bits per heavy atom. The van der Waals surface area contributed by atoms with Crippen molar-refractivity contribution in [3.63, 3.8) is 0 Å². The Hall–Kier alpha value is -2.35. The van der Waals surface area contributed by atoms with E-state index in [1.54, 1.807) is 31.4 Å². The fourth-order valence-electron chi connectivity index (χ4n) is 2.30. The maximum absolute atomic E-state index is 12.3. The normalized spacial score (nSPS) is 11.3. The zero-order valence-electron chi connectivity index (χ0n) is 15.7. The summed E-state index contributed by atoms with van der Waals surface area (Å²) < 4.78 is 5.10. The third-order valence-electron chi connectivity index (χ3n) is 4.03. The van der Waals surface area contributed by atoms with Crippen LogP contribution in [-0.2, 0) is 4.79 Å². The second kappa shape index (κ2) is 8.98. The summed E-state index contributed by atoms with van der Waals surface area (Å²) in [5.41, 5.74) is 2.33. The molecule has 29 heavy (non-hydrogen) atoms. The highest BCUT2D eigenvalue weighted by Crippen LogP contribution is 2.34. The Labute approximate surface area is 181 Å². The highest BCUT2D eigenvalue weighted by molar-refractivity contribution is 8.03. The second-order valence-corrected chi connectivity index (χ2v) is 9.82. The van der Waals surface area contributed by atoms with Crippen molar-refractivity contribution >= 4 is 46.5 Å². The first-order valence-electron chi connectivity index (χ1n) is 8.64. The first-order chi connectivity index (χ1) is 13.7. The molecule has 3 rings (SSSR count). The number of Topliss-reactive ketones (excluding diaryl/α,β-unsaturated/α-hetero) is 1. The van der Waals surface area contributed by atoms with Gasteiger partial charge in [0.05, 0.1) is 0 Å². The first-order valence-corrected chi connectivity index (χ1v) is 10.7. The quantitative estimate of drug-likeness (QED) is 0.353. The number of carbonyl (C=O) groups excluding carboxylic acids is 1. The lowest BCUT2D eigenvalue weighted by atomic mass is 10.1. The molecule has 0 saturated heterocycles. The minimum Gasteiger partial charge on any atom is -0.485 e. The van der Waals surface area contributed by atoms with Gasteiger partial charge in [-0.1, -0.05) is 47.6 Å². The van der Waals surface area contributed by atoms with Crippen molar-refractivity contribution in [2.24, 2.45) is 0 Å². The van der Waals surface area contributed by atoms with Gasteiger partial charge in [0.2, 0.25) is 5.78 Å². The van der Waals surface area contributed by atoms with Crippen molar-refractivity contribution in [3.05, 3.63) is 64.6 Å². The van der Waals surface area contributed by atoms with E-state index in [-0.39, 0.29) is 18.1 Å². The molecule has 0 amide bonds. The van der Waals surface area contributed by atoms with Crippen LogP contribution in [0.4, 0.5) is 0 Å². The average molecular weight is 448 g/mol. The van der Waals surface area contributed by atoms with Crippen molar-refractivity contribution in [2.45, 2.75) is 22.9 Å². The maximum atomic E-state index is 12.3. The summed E-state index contributed by atoms with van der Waals surface area (Å²) in [5, 5.41) is 11.5. The first kappa shape index (κ1) is 21.4. The summed E-state index contributed by atoms with van der Waals surface area (Å²) in [7, 11) is 0. The second-order valence-electron chi connectivity index (χ2n) is 6.66. The van der Waals surface area contributed by atoms with Crippen molar-refractivity contribution in [1.82, 2.24) is 4.98 Å². The molecular formula is C21H18ClNO4S2. The van der Waals surface area contributed by atoms with Gasteiger partial charge >= 0.3 is 5.97 Å². The predicted octanol–water partition coefficient (Wildman–Crippen LogP) is 5.68. The molecule has 0 aliphatic heterocycles. The summed E-state index contributed by atoms with van der Waals surface area (Å²) in [4.78, 5) is 27.8. The van der Waals surface area contributed by atoms with Gasteiger partial charge in [-0.05, 0) is 49.2 Å². The number of aromatic nitrogens is 1. The fourth-order valence-corrected chi connectivity index (χ4v) is 4.61. The molecule has 2 aromatic carbocycles. The van der Waals surface area contributed by atoms with E-state index in [1.807, 2.05) is 36.4 Å². The number of ether oxygens (including phenoxy) is 1. The van der Waals surface area contributed by atoms with Crippen LogP contribution in [0, 0.1) is 0 Å². The molecule has 5 nitrogen and oxygen atoms in total. The van der Waals surface area contributed by atoms with Gasteiger partial charge in [-0.2, -0.15) is 0 Å². The van der Waals surface area contributed by atoms with Gasteiger partial charge < -0.3 is 9.84 Å². The van der Waals surface area contributed by atoms with E-state index in [9.17, 15) is 14.7 Å². The van der Waals surface area contributed by atoms with Gasteiger partial charge in [-0.15, -0.1) is 11.3 Å². The maximum Gasteiger partial charge on any atom is 0.319 e. The molecule has 3 aromatic rings. The van der Waals surface area contributed by atoms with Crippen molar-refractivity contribution in [1.29, 1.82) is 0 Å². The van der Waals surface area contributed by atoms with E-state index < -0.39 is 10.7 Å². The van der Waals surface area contributed by atoms with Crippen LogP contribution in [0.5, 0.6) is 5.75 Å². The summed E-state index contributed by atoms with van der Waals surface area (Å²) in [5.74, 6) is -0.619. The average Bonchev–Trinajstić information content (AvgIpc) is 3.15. The van der Waals surface area contributed by atoms with Crippen molar-refractivity contribution in [3.8, 4) is 16.9 Å².